The summed E-state index contributed by atoms with van der Waals surface area (Å²) >= 11 is 0. The number of nitrogens with one attached hydrogen (secondary N) is 1. The predicted molar refractivity (Wildman–Crippen MR) is 73.2 cm³/mol. The second-order valence-electron chi connectivity index (χ2n) is 4.64. The van der Waals surface area contributed by atoms with Crippen molar-refractivity contribution < 1.29 is 0 Å². The lowest BCUT2D eigenvalue weighted by Crippen LogP contribution is -2.44. The number of benzene rings is 1. The van der Waals surface area contributed by atoms with Crippen LogP contribution in [0.1, 0.15) is 12.5 Å². The zero-order valence-electron chi connectivity index (χ0n) is 10.7. The molecule has 0 amide bonds. The van der Waals surface area contributed by atoms with Crippen molar-refractivity contribution in [2.45, 2.75) is 13.3 Å². The molecule has 2 heteroatoms. The first-order valence-corrected chi connectivity index (χ1v) is 6.49. The monoisotopic (exact) mass is 230 g/mol. The molecule has 1 N–H and O–H groups in total. The van der Waals surface area contributed by atoms with Gasteiger partial charge in [-0.1, -0.05) is 42.0 Å². The van der Waals surface area contributed by atoms with Crippen LogP contribution in [-0.4, -0.2) is 37.6 Å². The number of hydrogen-bond donors (Lipinski definition) is 1. The highest BCUT2D eigenvalue weighted by molar-refractivity contribution is 5.22. The normalized spacial score (nSPS) is 18.3. The molecule has 0 atom stereocenters. The van der Waals surface area contributed by atoms with Gasteiger partial charge in [0.25, 0.3) is 0 Å². The van der Waals surface area contributed by atoms with Crippen molar-refractivity contribution in [1.82, 2.24) is 10.2 Å². The molecule has 0 saturated carbocycles. The van der Waals surface area contributed by atoms with Gasteiger partial charge in [0.15, 0.2) is 0 Å². The lowest BCUT2D eigenvalue weighted by atomic mass is 10.0. The first-order chi connectivity index (χ1) is 8.38. The van der Waals surface area contributed by atoms with Crippen molar-refractivity contribution in [2.24, 2.45) is 0 Å². The van der Waals surface area contributed by atoms with Crippen LogP contribution >= 0.6 is 0 Å². The SMILES string of the molecule is C/C=C(\Cc1ccccc1)CN1CCNCC1. The Kier molecular flexibility index (Phi) is 4.77. The summed E-state index contributed by atoms with van der Waals surface area (Å²) in [5.74, 6) is 0. The Morgan fingerprint density at radius 3 is 2.59 bits per heavy atom. The van der Waals surface area contributed by atoms with Crippen LogP contribution in [0, 0.1) is 0 Å². The van der Waals surface area contributed by atoms with Gasteiger partial charge < -0.3 is 5.32 Å². The molecule has 1 saturated heterocycles. The third-order valence-electron chi connectivity index (χ3n) is 3.32. The van der Waals surface area contributed by atoms with E-state index in [1.807, 2.05) is 0 Å². The van der Waals surface area contributed by atoms with Crippen LogP contribution in [0.5, 0.6) is 0 Å². The Morgan fingerprint density at radius 2 is 1.94 bits per heavy atom. The number of nitrogens with zero attached hydrogens (tertiary/aromatic N) is 1. The molecule has 1 aromatic carbocycles. The van der Waals surface area contributed by atoms with Gasteiger partial charge in [-0.25, -0.2) is 0 Å². The van der Waals surface area contributed by atoms with Crippen molar-refractivity contribution >= 4 is 0 Å². The number of rotatable bonds is 4. The van der Waals surface area contributed by atoms with Crippen LogP contribution in [0.3, 0.4) is 0 Å². The molecule has 0 spiro atoms. The average Bonchev–Trinajstić information content (AvgIpc) is 2.40. The highest BCUT2D eigenvalue weighted by Gasteiger charge is 2.10. The third kappa shape index (κ3) is 3.99. The first kappa shape index (κ1) is 12.3. The lowest BCUT2D eigenvalue weighted by Gasteiger charge is -2.28. The van der Waals surface area contributed by atoms with Crippen molar-refractivity contribution in [3.05, 3.63) is 47.5 Å². The Labute approximate surface area is 104 Å². The fourth-order valence-corrected chi connectivity index (χ4v) is 2.26. The van der Waals surface area contributed by atoms with E-state index in [1.54, 1.807) is 0 Å². The summed E-state index contributed by atoms with van der Waals surface area (Å²) in [5.41, 5.74) is 2.94. The summed E-state index contributed by atoms with van der Waals surface area (Å²) in [7, 11) is 0. The van der Waals surface area contributed by atoms with Gasteiger partial charge in [0.05, 0.1) is 0 Å². The van der Waals surface area contributed by atoms with Crippen LogP contribution in [-0.2, 0) is 6.42 Å². The Bertz CT molecular complexity index is 350. The molecular formula is C15H22N2. The van der Waals surface area contributed by atoms with Gasteiger partial charge in [0, 0.05) is 32.7 Å². The zero-order chi connectivity index (χ0) is 11.9. The summed E-state index contributed by atoms with van der Waals surface area (Å²) in [5, 5.41) is 3.39. The summed E-state index contributed by atoms with van der Waals surface area (Å²) in [6.45, 7) is 7.87. The average molecular weight is 230 g/mol. The highest BCUT2D eigenvalue weighted by Crippen LogP contribution is 2.10. The standard InChI is InChI=1S/C15H22N2/c1-2-14(12-15-6-4-3-5-7-15)13-17-10-8-16-9-11-17/h2-7,16H,8-13H2,1H3/b14-2+. The molecule has 17 heavy (non-hydrogen) atoms. The minimum atomic E-state index is 1.08. The van der Waals surface area contributed by atoms with Crippen LogP contribution in [0.15, 0.2) is 42.0 Å². The van der Waals surface area contributed by atoms with Crippen LogP contribution < -0.4 is 5.32 Å². The molecule has 0 bridgehead atoms. The largest absolute Gasteiger partial charge is 0.314 e. The molecule has 1 aromatic rings. The van der Waals surface area contributed by atoms with Crippen molar-refractivity contribution in [1.29, 1.82) is 0 Å². The predicted octanol–water partition coefficient (Wildman–Crippen LogP) is 2.08. The molecule has 1 heterocycles. The highest BCUT2D eigenvalue weighted by atomic mass is 15.2. The van der Waals surface area contributed by atoms with E-state index in [0.717, 1.165) is 26.1 Å². The first-order valence-electron chi connectivity index (χ1n) is 6.49. The summed E-state index contributed by atoms with van der Waals surface area (Å²) in [6.07, 6.45) is 3.36. The fourth-order valence-electron chi connectivity index (χ4n) is 2.26. The van der Waals surface area contributed by atoms with Gasteiger partial charge >= 0.3 is 0 Å². The van der Waals surface area contributed by atoms with E-state index in [4.69, 9.17) is 0 Å². The molecule has 0 aliphatic carbocycles. The van der Waals surface area contributed by atoms with Crippen molar-refractivity contribution in [2.75, 3.05) is 32.7 Å². The van der Waals surface area contributed by atoms with Crippen molar-refractivity contribution in [3.63, 3.8) is 0 Å². The number of allylic oxidation sites excluding steroid dienone is 1. The summed E-state index contributed by atoms with van der Waals surface area (Å²) < 4.78 is 0. The fraction of sp³-hybridized carbons (Fsp3) is 0.467. The topological polar surface area (TPSA) is 15.3 Å². The maximum atomic E-state index is 3.39. The lowest BCUT2D eigenvalue weighted by molar-refractivity contribution is 0.258. The van der Waals surface area contributed by atoms with Crippen LogP contribution in [0.25, 0.3) is 0 Å². The quantitative estimate of drug-likeness (QED) is 0.797. The second kappa shape index (κ2) is 6.58. The molecule has 1 aliphatic rings. The number of piperazine rings is 1. The molecule has 1 aliphatic heterocycles. The Hall–Kier alpha value is -1.12. The maximum absolute atomic E-state index is 3.39. The minimum Gasteiger partial charge on any atom is -0.314 e. The van der Waals surface area contributed by atoms with Gasteiger partial charge in [0.2, 0.25) is 0 Å². The Morgan fingerprint density at radius 1 is 1.24 bits per heavy atom. The zero-order valence-corrected chi connectivity index (χ0v) is 10.7. The molecule has 2 nitrogen and oxygen atoms in total. The third-order valence-corrected chi connectivity index (χ3v) is 3.32. The smallest absolute Gasteiger partial charge is 0.0197 e. The molecule has 0 radical (unpaired) electrons. The number of hydrogen-bond acceptors (Lipinski definition) is 2. The maximum Gasteiger partial charge on any atom is 0.0197 e. The minimum absolute atomic E-state index is 1.08. The second-order valence-corrected chi connectivity index (χ2v) is 4.64. The molecule has 0 unspecified atom stereocenters. The van der Waals surface area contributed by atoms with E-state index in [-0.39, 0.29) is 0 Å². The van der Waals surface area contributed by atoms with E-state index in [0.29, 0.717) is 0 Å². The molecule has 1 fully saturated rings. The van der Waals surface area contributed by atoms with E-state index >= 15 is 0 Å². The van der Waals surface area contributed by atoms with E-state index < -0.39 is 0 Å². The van der Waals surface area contributed by atoms with Crippen LogP contribution in [0.2, 0.25) is 0 Å². The van der Waals surface area contributed by atoms with Gasteiger partial charge in [-0.05, 0) is 18.9 Å². The van der Waals surface area contributed by atoms with E-state index in [9.17, 15) is 0 Å². The van der Waals surface area contributed by atoms with Gasteiger partial charge in [-0.2, -0.15) is 0 Å². The van der Waals surface area contributed by atoms with Gasteiger partial charge in [0.1, 0.15) is 0 Å². The molecular weight excluding hydrogens is 208 g/mol. The molecule has 0 aromatic heterocycles. The Balaban J connectivity index is 1.89. The van der Waals surface area contributed by atoms with E-state index in [2.05, 4.69) is 53.5 Å². The summed E-state index contributed by atoms with van der Waals surface area (Å²) in [6, 6.07) is 10.7. The molecule has 2 rings (SSSR count). The summed E-state index contributed by atoms with van der Waals surface area (Å²) in [4.78, 5) is 2.54. The van der Waals surface area contributed by atoms with Gasteiger partial charge in [-0.15, -0.1) is 0 Å². The molecule has 92 valence electrons. The van der Waals surface area contributed by atoms with Gasteiger partial charge in [-0.3, -0.25) is 4.90 Å². The van der Waals surface area contributed by atoms with E-state index in [1.165, 1.54) is 24.2 Å². The van der Waals surface area contributed by atoms with Crippen molar-refractivity contribution in [3.8, 4) is 0 Å². The van der Waals surface area contributed by atoms with Crippen LogP contribution in [0.4, 0.5) is 0 Å².